The Balaban J connectivity index is 1.40. The Hall–Kier alpha value is 0.270. The number of rotatable bonds is 4. The molecular weight excluding hydrogens is 240 g/mol. The van der Waals surface area contributed by atoms with Crippen LogP contribution in [-0.2, 0) is 0 Å². The molecule has 3 heteroatoms. The van der Waals surface area contributed by atoms with Crippen molar-refractivity contribution in [2.45, 2.75) is 62.8 Å². The summed E-state index contributed by atoms with van der Waals surface area (Å²) in [5, 5.41) is 4.64. The molecule has 0 aromatic carbocycles. The first kappa shape index (κ1) is 13.3. The molecule has 3 fully saturated rings. The zero-order valence-corrected chi connectivity index (χ0v) is 12.6. The fourth-order valence-corrected chi connectivity index (χ4v) is 4.71. The Kier molecular flexibility index (Phi) is 4.53. The fraction of sp³-hybridized carbons (Fsp3) is 1.00. The van der Waals surface area contributed by atoms with E-state index in [9.17, 15) is 0 Å². The van der Waals surface area contributed by atoms with Crippen LogP contribution in [0.3, 0.4) is 0 Å². The van der Waals surface area contributed by atoms with Crippen molar-refractivity contribution in [3.05, 3.63) is 0 Å². The molecule has 3 rings (SSSR count). The highest BCUT2D eigenvalue weighted by atomic mass is 32.2. The number of nitrogens with one attached hydrogen (secondary N) is 1. The maximum Gasteiger partial charge on any atom is 0.0212 e. The minimum absolute atomic E-state index is 0.813. The smallest absolute Gasteiger partial charge is 0.0212 e. The van der Waals surface area contributed by atoms with Gasteiger partial charge in [0, 0.05) is 17.3 Å². The van der Waals surface area contributed by atoms with Crippen LogP contribution in [0.15, 0.2) is 0 Å². The van der Waals surface area contributed by atoms with E-state index in [0.29, 0.717) is 0 Å². The first-order chi connectivity index (χ1) is 8.83. The van der Waals surface area contributed by atoms with Crippen molar-refractivity contribution < 1.29 is 0 Å². The van der Waals surface area contributed by atoms with E-state index in [0.717, 1.165) is 23.3 Å². The lowest BCUT2D eigenvalue weighted by atomic mass is 9.99. The third-order valence-corrected chi connectivity index (χ3v) is 6.32. The van der Waals surface area contributed by atoms with Gasteiger partial charge < -0.3 is 5.32 Å². The Bertz CT molecular complexity index is 259. The number of hydrogen-bond acceptors (Lipinski definition) is 3. The van der Waals surface area contributed by atoms with Crippen LogP contribution in [0.5, 0.6) is 0 Å². The summed E-state index contributed by atoms with van der Waals surface area (Å²) in [5.74, 6) is 2.41. The molecule has 2 unspecified atom stereocenters. The molecule has 2 heterocycles. The third kappa shape index (κ3) is 3.43. The minimum Gasteiger partial charge on any atom is -0.314 e. The van der Waals surface area contributed by atoms with Crippen LogP contribution in [0, 0.1) is 5.92 Å². The number of nitrogens with zero attached hydrogens (tertiary/aromatic N) is 1. The highest BCUT2D eigenvalue weighted by Gasteiger charge is 2.31. The molecular formula is C15H28N2S. The summed E-state index contributed by atoms with van der Waals surface area (Å²) in [5.41, 5.74) is 0. The summed E-state index contributed by atoms with van der Waals surface area (Å²) in [7, 11) is 0. The summed E-state index contributed by atoms with van der Waals surface area (Å²) < 4.78 is 0. The maximum absolute atomic E-state index is 3.79. The molecule has 0 aromatic rings. The normalized spacial score (nSPS) is 35.8. The molecule has 2 nitrogen and oxygen atoms in total. The first-order valence-electron chi connectivity index (χ1n) is 7.92. The molecule has 1 aliphatic carbocycles. The second kappa shape index (κ2) is 6.15. The molecule has 1 N–H and O–H groups in total. The van der Waals surface area contributed by atoms with Crippen LogP contribution in [0.1, 0.15) is 45.4 Å². The van der Waals surface area contributed by atoms with Gasteiger partial charge in [0.25, 0.3) is 0 Å². The van der Waals surface area contributed by atoms with E-state index >= 15 is 0 Å². The second-order valence-electron chi connectivity index (χ2n) is 6.45. The number of likely N-dealkylation sites (tertiary alicyclic amines) is 1. The van der Waals surface area contributed by atoms with E-state index in [1.807, 2.05) is 0 Å². The molecule has 2 aliphatic heterocycles. The largest absolute Gasteiger partial charge is 0.314 e. The van der Waals surface area contributed by atoms with Gasteiger partial charge in [0.1, 0.15) is 0 Å². The van der Waals surface area contributed by atoms with Crippen molar-refractivity contribution >= 4 is 11.8 Å². The van der Waals surface area contributed by atoms with Crippen LogP contribution in [0.2, 0.25) is 0 Å². The lowest BCUT2D eigenvalue weighted by Gasteiger charge is -2.42. The zero-order chi connectivity index (χ0) is 12.4. The van der Waals surface area contributed by atoms with E-state index in [2.05, 4.69) is 28.9 Å². The highest BCUT2D eigenvalue weighted by molar-refractivity contribution is 7.99. The molecule has 2 atom stereocenters. The molecule has 0 radical (unpaired) electrons. The van der Waals surface area contributed by atoms with E-state index in [4.69, 9.17) is 0 Å². The van der Waals surface area contributed by atoms with Gasteiger partial charge in [0.05, 0.1) is 0 Å². The lowest BCUT2D eigenvalue weighted by molar-refractivity contribution is 0.133. The summed E-state index contributed by atoms with van der Waals surface area (Å²) in [6.07, 6.45) is 8.57. The number of thioether (sulfide) groups is 1. The summed E-state index contributed by atoms with van der Waals surface area (Å²) >= 11 is 2.19. The van der Waals surface area contributed by atoms with E-state index in [1.54, 1.807) is 0 Å². The van der Waals surface area contributed by atoms with E-state index in [-0.39, 0.29) is 0 Å². The predicted octanol–water partition coefficient (Wildman–Crippen LogP) is 2.73. The van der Waals surface area contributed by atoms with E-state index in [1.165, 1.54) is 63.9 Å². The lowest BCUT2D eigenvalue weighted by Crippen LogP contribution is -2.50. The Morgan fingerprint density at radius 2 is 1.89 bits per heavy atom. The van der Waals surface area contributed by atoms with Crippen molar-refractivity contribution in [3.63, 3.8) is 0 Å². The van der Waals surface area contributed by atoms with Gasteiger partial charge >= 0.3 is 0 Å². The minimum atomic E-state index is 0.813. The van der Waals surface area contributed by atoms with Crippen LogP contribution < -0.4 is 5.32 Å². The van der Waals surface area contributed by atoms with Crippen molar-refractivity contribution in [2.75, 3.05) is 25.4 Å². The molecule has 1 saturated carbocycles. The van der Waals surface area contributed by atoms with Gasteiger partial charge in [-0.1, -0.05) is 6.92 Å². The van der Waals surface area contributed by atoms with Crippen molar-refractivity contribution in [1.29, 1.82) is 0 Å². The van der Waals surface area contributed by atoms with Gasteiger partial charge in [0.15, 0.2) is 0 Å². The second-order valence-corrected chi connectivity index (χ2v) is 7.93. The maximum atomic E-state index is 3.79. The van der Waals surface area contributed by atoms with Crippen LogP contribution >= 0.6 is 11.8 Å². The average molecular weight is 268 g/mol. The molecule has 3 aliphatic rings. The first-order valence-corrected chi connectivity index (χ1v) is 8.97. The Morgan fingerprint density at radius 1 is 1.11 bits per heavy atom. The molecule has 0 bridgehead atoms. The number of hydrogen-bond donors (Lipinski definition) is 1. The molecule has 0 amide bonds. The molecule has 2 saturated heterocycles. The molecule has 18 heavy (non-hydrogen) atoms. The average Bonchev–Trinajstić information content (AvgIpc) is 3.22. The molecule has 0 aromatic heterocycles. The Labute approximate surface area is 116 Å². The van der Waals surface area contributed by atoms with Crippen molar-refractivity contribution in [1.82, 2.24) is 10.2 Å². The van der Waals surface area contributed by atoms with Crippen LogP contribution in [0.4, 0.5) is 0 Å². The topological polar surface area (TPSA) is 15.3 Å². The fourth-order valence-electron chi connectivity index (χ4n) is 3.48. The summed E-state index contributed by atoms with van der Waals surface area (Å²) in [6, 6.07) is 1.68. The standard InChI is InChI=1S/C15H28N2S/c1-12-15(3-2-10-18-12)17-8-6-14(7-9-17)16-11-13-4-5-13/h12-16H,2-11H2,1H3. The van der Waals surface area contributed by atoms with Crippen LogP contribution in [-0.4, -0.2) is 47.6 Å². The van der Waals surface area contributed by atoms with Gasteiger partial charge in [-0.3, -0.25) is 4.90 Å². The highest BCUT2D eigenvalue weighted by Crippen LogP contribution is 2.31. The van der Waals surface area contributed by atoms with Crippen molar-refractivity contribution in [3.8, 4) is 0 Å². The molecule has 0 spiro atoms. The van der Waals surface area contributed by atoms with Gasteiger partial charge in [-0.15, -0.1) is 0 Å². The van der Waals surface area contributed by atoms with Crippen molar-refractivity contribution in [2.24, 2.45) is 5.92 Å². The summed E-state index contributed by atoms with van der Waals surface area (Å²) in [4.78, 5) is 2.78. The SMILES string of the molecule is CC1SCCCC1N1CCC(NCC2CC2)CC1. The Morgan fingerprint density at radius 3 is 2.56 bits per heavy atom. The van der Waals surface area contributed by atoms with E-state index < -0.39 is 0 Å². The quantitative estimate of drug-likeness (QED) is 0.844. The van der Waals surface area contributed by atoms with Crippen LogP contribution in [0.25, 0.3) is 0 Å². The van der Waals surface area contributed by atoms with Gasteiger partial charge in [-0.25, -0.2) is 0 Å². The predicted molar refractivity (Wildman–Crippen MR) is 80.3 cm³/mol. The zero-order valence-electron chi connectivity index (χ0n) is 11.7. The van der Waals surface area contributed by atoms with Gasteiger partial charge in [-0.05, 0) is 69.8 Å². The van der Waals surface area contributed by atoms with Gasteiger partial charge in [-0.2, -0.15) is 11.8 Å². The number of piperidine rings is 1. The molecule has 104 valence electrons. The van der Waals surface area contributed by atoms with Gasteiger partial charge in [0.2, 0.25) is 0 Å². The summed E-state index contributed by atoms with van der Waals surface area (Å²) in [6.45, 7) is 6.39. The monoisotopic (exact) mass is 268 g/mol. The third-order valence-electron chi connectivity index (χ3n) is 4.96.